The predicted octanol–water partition coefficient (Wildman–Crippen LogP) is 4.98. The van der Waals surface area contributed by atoms with Gasteiger partial charge in [-0.3, -0.25) is 4.79 Å². The van der Waals surface area contributed by atoms with Crippen LogP contribution < -0.4 is 4.74 Å². The summed E-state index contributed by atoms with van der Waals surface area (Å²) >= 11 is 0. The number of carbonyl (C=O) groups excluding carboxylic acids is 2. The van der Waals surface area contributed by atoms with Crippen molar-refractivity contribution in [3.05, 3.63) is 113 Å². The maximum absolute atomic E-state index is 13.8. The highest BCUT2D eigenvalue weighted by atomic mass is 32.2. The molecule has 4 aromatic rings. The molecule has 8 nitrogen and oxygen atoms in total. The highest BCUT2D eigenvalue weighted by Crippen LogP contribution is 2.37. The van der Waals surface area contributed by atoms with Gasteiger partial charge in [-0.25, -0.2) is 18.2 Å². The number of imidazole rings is 1. The number of rotatable bonds is 9. The van der Waals surface area contributed by atoms with Crippen LogP contribution >= 0.6 is 0 Å². The van der Waals surface area contributed by atoms with Gasteiger partial charge < -0.3 is 14.0 Å². The Morgan fingerprint density at radius 2 is 1.79 bits per heavy atom. The Balaban J connectivity index is 1.60. The highest BCUT2D eigenvalue weighted by molar-refractivity contribution is 7.90. The molecule has 9 heteroatoms. The van der Waals surface area contributed by atoms with Gasteiger partial charge in [-0.2, -0.15) is 0 Å². The molecule has 3 aromatic carbocycles. The fraction of sp³-hybridized carbons (Fsp3) is 0.233. The van der Waals surface area contributed by atoms with E-state index in [1.54, 1.807) is 36.8 Å². The van der Waals surface area contributed by atoms with Gasteiger partial charge in [-0.15, -0.1) is 0 Å². The van der Waals surface area contributed by atoms with Crippen LogP contribution in [0.5, 0.6) is 5.75 Å². The summed E-state index contributed by atoms with van der Waals surface area (Å²) in [5, 5.41) is 0. The number of hydrogen-bond acceptors (Lipinski definition) is 7. The van der Waals surface area contributed by atoms with Crippen molar-refractivity contribution in [1.82, 2.24) is 9.55 Å². The van der Waals surface area contributed by atoms with Crippen molar-refractivity contribution >= 4 is 21.6 Å². The number of carbonyl (C=O) groups is 2. The Bertz CT molecular complexity index is 1600. The maximum atomic E-state index is 13.8. The summed E-state index contributed by atoms with van der Waals surface area (Å²) in [7, 11) is -2.82. The molecule has 0 radical (unpaired) electrons. The fourth-order valence-electron chi connectivity index (χ4n) is 4.95. The van der Waals surface area contributed by atoms with Crippen LogP contribution in [0.4, 0.5) is 0 Å². The van der Waals surface area contributed by atoms with Crippen LogP contribution in [0.3, 0.4) is 0 Å². The van der Waals surface area contributed by atoms with Gasteiger partial charge in [0.15, 0.2) is 15.6 Å². The van der Waals surface area contributed by atoms with E-state index in [1.165, 1.54) is 19.2 Å². The van der Waals surface area contributed by atoms with Crippen molar-refractivity contribution in [2.24, 2.45) is 0 Å². The Kier molecular flexibility index (Phi) is 7.60. The average Bonchev–Trinajstić information content (AvgIpc) is 3.47. The maximum Gasteiger partial charge on any atom is 0.339 e. The molecule has 0 bridgehead atoms. The van der Waals surface area contributed by atoms with Crippen molar-refractivity contribution in [2.45, 2.75) is 42.6 Å². The normalized spacial score (nSPS) is 13.9. The van der Waals surface area contributed by atoms with E-state index < -0.39 is 27.7 Å². The lowest BCUT2D eigenvalue weighted by atomic mass is 9.87. The summed E-state index contributed by atoms with van der Waals surface area (Å²) in [6.45, 7) is 0.442. The highest BCUT2D eigenvalue weighted by Gasteiger charge is 2.30. The van der Waals surface area contributed by atoms with E-state index in [9.17, 15) is 18.0 Å². The summed E-state index contributed by atoms with van der Waals surface area (Å²) in [6.07, 6.45) is 6.35. The van der Waals surface area contributed by atoms with Crippen LogP contribution in [0.2, 0.25) is 0 Å². The van der Waals surface area contributed by atoms with Crippen LogP contribution in [0.15, 0.2) is 90.3 Å². The molecule has 0 amide bonds. The molecule has 0 spiro atoms. The van der Waals surface area contributed by atoms with Crippen LogP contribution in [-0.2, 0) is 33.3 Å². The zero-order chi connectivity index (χ0) is 27.4. The second-order valence-corrected chi connectivity index (χ2v) is 11.3. The van der Waals surface area contributed by atoms with Crippen molar-refractivity contribution in [3.63, 3.8) is 0 Å². The molecule has 5 rings (SSSR count). The predicted molar refractivity (Wildman–Crippen MR) is 144 cm³/mol. The average molecular weight is 545 g/mol. The number of nitrogens with zero attached hydrogens (tertiary/aromatic N) is 2. The van der Waals surface area contributed by atoms with E-state index in [2.05, 4.69) is 4.98 Å². The lowest BCUT2D eigenvalue weighted by Gasteiger charge is -2.26. The van der Waals surface area contributed by atoms with Crippen LogP contribution in [0.1, 0.15) is 56.4 Å². The van der Waals surface area contributed by atoms with Crippen LogP contribution in [0.25, 0.3) is 0 Å². The molecule has 0 saturated carbocycles. The monoisotopic (exact) mass is 544 g/mol. The molecule has 0 fully saturated rings. The first-order valence-corrected chi connectivity index (χ1v) is 14.3. The molecule has 1 aliphatic carbocycles. The molecule has 0 N–H and O–H groups in total. The molecule has 1 unspecified atom stereocenters. The molecule has 1 aliphatic rings. The Morgan fingerprint density at radius 3 is 2.54 bits per heavy atom. The first-order valence-electron chi connectivity index (χ1n) is 12.6. The summed E-state index contributed by atoms with van der Waals surface area (Å²) in [5.74, 6) is -0.800. The zero-order valence-electron chi connectivity index (χ0n) is 21.4. The van der Waals surface area contributed by atoms with E-state index in [-0.39, 0.29) is 16.2 Å². The number of ether oxygens (including phenoxy) is 2. The minimum Gasteiger partial charge on any atom is -0.484 e. The third-order valence-electron chi connectivity index (χ3n) is 6.86. The molecule has 1 atom stereocenters. The van der Waals surface area contributed by atoms with Crippen molar-refractivity contribution < 1.29 is 27.5 Å². The van der Waals surface area contributed by atoms with Crippen molar-refractivity contribution in [2.75, 3.05) is 7.11 Å². The molecule has 200 valence electrons. The second kappa shape index (κ2) is 11.2. The number of Topliss-reactive ketones (excluding diaryl/α,β-unsaturated/α-hetero) is 1. The van der Waals surface area contributed by atoms with Gasteiger partial charge in [0.25, 0.3) is 0 Å². The summed E-state index contributed by atoms with van der Waals surface area (Å²) < 4.78 is 40.9. The van der Waals surface area contributed by atoms with Crippen molar-refractivity contribution in [1.29, 1.82) is 0 Å². The lowest BCUT2D eigenvalue weighted by Crippen LogP contribution is -2.20. The quantitative estimate of drug-likeness (QED) is 0.274. The molecular formula is C30H28N2O6S. The van der Waals surface area contributed by atoms with E-state index in [1.807, 2.05) is 41.1 Å². The molecule has 1 heterocycles. The third kappa shape index (κ3) is 5.63. The van der Waals surface area contributed by atoms with E-state index in [0.717, 1.165) is 5.56 Å². The number of methoxy groups -OCH3 is 1. The SMILES string of the molecule is COC(=O)c1ccccc1S(=O)(=O)Cc1c(OC(Cn2ccnc2)c2ccccc2)ccc2c1CCCC2=O. The van der Waals surface area contributed by atoms with E-state index in [0.29, 0.717) is 48.2 Å². The van der Waals surface area contributed by atoms with E-state index >= 15 is 0 Å². The molecule has 0 aliphatic heterocycles. The smallest absolute Gasteiger partial charge is 0.339 e. The van der Waals surface area contributed by atoms with Gasteiger partial charge in [0.1, 0.15) is 11.9 Å². The second-order valence-electron chi connectivity index (χ2n) is 9.37. The fourth-order valence-corrected chi connectivity index (χ4v) is 6.57. The number of sulfone groups is 1. The topological polar surface area (TPSA) is 105 Å². The number of ketones is 1. The number of benzene rings is 3. The Labute approximate surface area is 227 Å². The van der Waals surface area contributed by atoms with Gasteiger partial charge in [0.2, 0.25) is 0 Å². The molecular weight excluding hydrogens is 516 g/mol. The van der Waals surface area contributed by atoms with Gasteiger partial charge in [0, 0.05) is 29.9 Å². The van der Waals surface area contributed by atoms with Crippen LogP contribution in [0, 0.1) is 0 Å². The Hall–Kier alpha value is -4.24. The largest absolute Gasteiger partial charge is 0.484 e. The summed E-state index contributed by atoms with van der Waals surface area (Å²) in [5.41, 5.74) is 2.51. The van der Waals surface area contributed by atoms with Gasteiger partial charge >= 0.3 is 5.97 Å². The van der Waals surface area contributed by atoms with Crippen LogP contribution in [-0.4, -0.2) is 36.8 Å². The number of aromatic nitrogens is 2. The molecule has 39 heavy (non-hydrogen) atoms. The lowest BCUT2D eigenvalue weighted by molar-refractivity contribution is 0.0596. The van der Waals surface area contributed by atoms with E-state index in [4.69, 9.17) is 9.47 Å². The molecule has 1 aromatic heterocycles. The number of hydrogen-bond donors (Lipinski definition) is 0. The van der Waals surface area contributed by atoms with Gasteiger partial charge in [0.05, 0.1) is 36.2 Å². The zero-order valence-corrected chi connectivity index (χ0v) is 22.3. The summed E-state index contributed by atoms with van der Waals surface area (Å²) in [4.78, 5) is 29.1. The minimum atomic E-state index is -4.03. The number of esters is 1. The van der Waals surface area contributed by atoms with Gasteiger partial charge in [-0.05, 0) is 48.2 Å². The summed E-state index contributed by atoms with van der Waals surface area (Å²) in [6, 6.07) is 19.0. The molecule has 0 saturated heterocycles. The first-order chi connectivity index (χ1) is 18.9. The minimum absolute atomic E-state index is 0.0190. The number of fused-ring (bicyclic) bond motifs is 1. The third-order valence-corrected chi connectivity index (χ3v) is 8.55. The van der Waals surface area contributed by atoms with Crippen molar-refractivity contribution in [3.8, 4) is 5.75 Å². The first kappa shape index (κ1) is 26.4. The van der Waals surface area contributed by atoms with Gasteiger partial charge in [-0.1, -0.05) is 42.5 Å². The standard InChI is InChI=1S/C30H28N2O6S/c1-37-30(34)24-10-5-6-13-29(24)39(35,36)19-25-22-11-7-12-26(33)23(22)14-15-27(25)38-28(18-32-17-16-31-20-32)21-8-3-2-4-9-21/h2-6,8-10,13-17,20,28H,7,11-12,18-19H2,1H3. The Morgan fingerprint density at radius 1 is 1.03 bits per heavy atom.